The molecule has 0 aliphatic carbocycles. The Morgan fingerprint density at radius 1 is 1.38 bits per heavy atom. The lowest BCUT2D eigenvalue weighted by Gasteiger charge is -2.21. The molecule has 1 aliphatic heterocycles. The molecule has 26 heavy (non-hydrogen) atoms. The zero-order valence-electron chi connectivity index (χ0n) is 15.6. The molecule has 0 amide bonds. The van der Waals surface area contributed by atoms with Crippen LogP contribution < -0.4 is 20.1 Å². The summed E-state index contributed by atoms with van der Waals surface area (Å²) in [6.07, 6.45) is 2.36. The Morgan fingerprint density at radius 2 is 2.19 bits per heavy atom. The molecule has 1 fully saturated rings. The molecule has 8 heteroatoms. The molecule has 0 saturated carbocycles. The number of hydrogen-bond acceptors (Lipinski definition) is 4. The Bertz CT molecular complexity index is 599. The van der Waals surface area contributed by atoms with Crippen LogP contribution in [0.1, 0.15) is 25.3 Å². The summed E-state index contributed by atoms with van der Waals surface area (Å²) in [6, 6.07) is 5.58. The van der Waals surface area contributed by atoms with Gasteiger partial charge in [-0.05, 0) is 39.4 Å². The molecule has 1 atom stereocenters. The predicted octanol–water partition coefficient (Wildman–Crippen LogP) is 2.45. The fraction of sp³-hybridized carbons (Fsp3) is 0.611. The summed E-state index contributed by atoms with van der Waals surface area (Å²) in [5.74, 6) is 0.987. The maximum atomic E-state index is 12.8. The molecule has 0 aromatic heterocycles. The molecule has 0 radical (unpaired) electrons. The van der Waals surface area contributed by atoms with Crippen molar-refractivity contribution in [3.63, 3.8) is 0 Å². The summed E-state index contributed by atoms with van der Waals surface area (Å²) in [7, 11) is 3.80. The molecule has 1 unspecified atom stereocenters. The van der Waals surface area contributed by atoms with Gasteiger partial charge in [-0.25, -0.2) is 0 Å². The van der Waals surface area contributed by atoms with E-state index < -0.39 is 6.61 Å². The largest absolute Gasteiger partial charge is 0.490 e. The molecule has 1 saturated heterocycles. The fourth-order valence-corrected chi connectivity index (χ4v) is 3.04. The van der Waals surface area contributed by atoms with Gasteiger partial charge >= 0.3 is 6.61 Å². The van der Waals surface area contributed by atoms with Crippen LogP contribution in [0.5, 0.6) is 11.5 Å². The van der Waals surface area contributed by atoms with Crippen molar-refractivity contribution < 1.29 is 18.3 Å². The van der Waals surface area contributed by atoms with Crippen LogP contribution in [0.3, 0.4) is 0 Å². The number of ether oxygens (including phenoxy) is 2. The minimum absolute atomic E-state index is 0.0582. The first kappa shape index (κ1) is 20.2. The number of likely N-dealkylation sites (N-methyl/N-ethyl adjacent to an activating group) is 1. The van der Waals surface area contributed by atoms with Crippen LogP contribution >= 0.6 is 0 Å². The lowest BCUT2D eigenvalue weighted by Crippen LogP contribution is -2.43. The zero-order chi connectivity index (χ0) is 18.9. The van der Waals surface area contributed by atoms with E-state index in [4.69, 9.17) is 4.74 Å². The van der Waals surface area contributed by atoms with Crippen molar-refractivity contribution in [3.05, 3.63) is 23.8 Å². The van der Waals surface area contributed by atoms with Gasteiger partial charge in [0.25, 0.3) is 0 Å². The van der Waals surface area contributed by atoms with Crippen molar-refractivity contribution in [3.8, 4) is 11.5 Å². The van der Waals surface area contributed by atoms with Crippen molar-refractivity contribution in [1.82, 2.24) is 15.5 Å². The Balaban J connectivity index is 1.98. The minimum Gasteiger partial charge on any atom is -0.490 e. The van der Waals surface area contributed by atoms with E-state index in [1.807, 2.05) is 0 Å². The Morgan fingerprint density at radius 3 is 2.81 bits per heavy atom. The van der Waals surface area contributed by atoms with E-state index in [-0.39, 0.29) is 5.75 Å². The highest BCUT2D eigenvalue weighted by Gasteiger charge is 2.21. The molecule has 2 rings (SSSR count). The highest BCUT2D eigenvalue weighted by atomic mass is 19.3. The van der Waals surface area contributed by atoms with E-state index in [0.29, 0.717) is 36.5 Å². The van der Waals surface area contributed by atoms with Crippen molar-refractivity contribution in [2.75, 3.05) is 33.8 Å². The number of likely N-dealkylation sites (tertiary alicyclic amines) is 1. The Kier molecular flexibility index (Phi) is 7.90. The standard InChI is InChI=1S/C18H28F2N4O2/c1-4-25-15-9-5-7-13(16(15)26-17(19)20)11-22-18(21-2)23-12-14-8-6-10-24(14)3/h5,7,9,14,17H,4,6,8,10-12H2,1-3H3,(H2,21,22,23). The van der Waals surface area contributed by atoms with Gasteiger partial charge < -0.3 is 25.0 Å². The molecule has 2 N–H and O–H groups in total. The SMILES string of the molecule is CCOc1cccc(CNC(=NC)NCC2CCCN2C)c1OC(F)F. The molecule has 1 heterocycles. The van der Waals surface area contributed by atoms with Crippen molar-refractivity contribution in [2.24, 2.45) is 4.99 Å². The van der Waals surface area contributed by atoms with Crippen LogP contribution in [0.25, 0.3) is 0 Å². The van der Waals surface area contributed by atoms with Gasteiger partial charge in [0.05, 0.1) is 6.61 Å². The normalized spacial score (nSPS) is 18.2. The molecule has 1 aliphatic rings. The highest BCUT2D eigenvalue weighted by molar-refractivity contribution is 5.79. The average Bonchev–Trinajstić information content (AvgIpc) is 3.02. The number of guanidine groups is 1. The number of halogens is 2. The summed E-state index contributed by atoms with van der Waals surface area (Å²) in [4.78, 5) is 6.51. The van der Waals surface area contributed by atoms with Crippen molar-refractivity contribution in [2.45, 2.75) is 39.0 Å². The molecule has 0 bridgehead atoms. The van der Waals surface area contributed by atoms with Gasteiger partial charge in [-0.3, -0.25) is 4.99 Å². The van der Waals surface area contributed by atoms with Gasteiger partial charge in [0.2, 0.25) is 0 Å². The van der Waals surface area contributed by atoms with E-state index in [0.717, 1.165) is 19.5 Å². The first-order chi connectivity index (χ1) is 12.5. The van der Waals surface area contributed by atoms with Crippen LogP contribution in [0, 0.1) is 0 Å². The van der Waals surface area contributed by atoms with Gasteiger partial charge in [-0.15, -0.1) is 0 Å². The van der Waals surface area contributed by atoms with E-state index in [1.54, 1.807) is 32.2 Å². The molecule has 146 valence electrons. The maximum absolute atomic E-state index is 12.8. The summed E-state index contributed by atoms with van der Waals surface area (Å²) < 4.78 is 35.6. The lowest BCUT2D eigenvalue weighted by molar-refractivity contribution is -0.0520. The second-order valence-corrected chi connectivity index (χ2v) is 6.14. The summed E-state index contributed by atoms with van der Waals surface area (Å²) >= 11 is 0. The number of alkyl halides is 2. The van der Waals surface area contributed by atoms with Crippen LogP contribution in [0.15, 0.2) is 23.2 Å². The third kappa shape index (κ3) is 5.72. The van der Waals surface area contributed by atoms with Gasteiger partial charge in [-0.1, -0.05) is 12.1 Å². The minimum atomic E-state index is -2.91. The van der Waals surface area contributed by atoms with Crippen molar-refractivity contribution in [1.29, 1.82) is 0 Å². The molecular formula is C18H28F2N4O2. The second kappa shape index (κ2) is 10.2. The number of nitrogens with one attached hydrogen (secondary N) is 2. The second-order valence-electron chi connectivity index (χ2n) is 6.14. The quantitative estimate of drug-likeness (QED) is 0.544. The van der Waals surface area contributed by atoms with E-state index in [1.165, 1.54) is 6.42 Å². The average molecular weight is 370 g/mol. The number of rotatable bonds is 8. The molecule has 6 nitrogen and oxygen atoms in total. The topological polar surface area (TPSA) is 58.1 Å². The number of aliphatic imine (C=N–C) groups is 1. The molecule has 0 spiro atoms. The summed E-state index contributed by atoms with van der Waals surface area (Å²) in [5.41, 5.74) is 0.581. The van der Waals surface area contributed by atoms with Crippen LogP contribution in [-0.2, 0) is 6.54 Å². The van der Waals surface area contributed by atoms with Gasteiger partial charge in [0, 0.05) is 31.7 Å². The van der Waals surface area contributed by atoms with E-state index in [2.05, 4.69) is 32.3 Å². The third-order valence-electron chi connectivity index (χ3n) is 4.41. The number of hydrogen-bond donors (Lipinski definition) is 2. The molecule has 1 aromatic carbocycles. The lowest BCUT2D eigenvalue weighted by atomic mass is 10.2. The first-order valence-corrected chi connectivity index (χ1v) is 8.89. The van der Waals surface area contributed by atoms with E-state index >= 15 is 0 Å². The zero-order valence-corrected chi connectivity index (χ0v) is 15.6. The van der Waals surface area contributed by atoms with Crippen LogP contribution in [0.4, 0.5) is 8.78 Å². The number of benzene rings is 1. The predicted molar refractivity (Wildman–Crippen MR) is 98.1 cm³/mol. The maximum Gasteiger partial charge on any atom is 0.387 e. The first-order valence-electron chi connectivity index (χ1n) is 8.89. The monoisotopic (exact) mass is 370 g/mol. The van der Waals surface area contributed by atoms with Crippen molar-refractivity contribution >= 4 is 5.96 Å². The highest BCUT2D eigenvalue weighted by Crippen LogP contribution is 2.32. The van der Waals surface area contributed by atoms with Gasteiger partial charge in [0.15, 0.2) is 17.5 Å². The Hall–Kier alpha value is -2.09. The van der Waals surface area contributed by atoms with E-state index in [9.17, 15) is 8.78 Å². The third-order valence-corrected chi connectivity index (χ3v) is 4.41. The van der Waals surface area contributed by atoms with Crippen LogP contribution in [-0.4, -0.2) is 57.3 Å². The smallest absolute Gasteiger partial charge is 0.387 e. The van der Waals surface area contributed by atoms with Gasteiger partial charge in [0.1, 0.15) is 0 Å². The Labute approximate surface area is 153 Å². The van der Waals surface area contributed by atoms with Gasteiger partial charge in [-0.2, -0.15) is 8.78 Å². The summed E-state index contributed by atoms with van der Waals surface area (Å²) in [5, 5.41) is 6.44. The molecular weight excluding hydrogens is 342 g/mol. The molecule has 1 aromatic rings. The fourth-order valence-electron chi connectivity index (χ4n) is 3.04. The van der Waals surface area contributed by atoms with Crippen LogP contribution in [0.2, 0.25) is 0 Å². The number of para-hydroxylation sites is 1. The summed E-state index contributed by atoms with van der Waals surface area (Å²) in [6.45, 7) is 1.44. The number of nitrogens with zero attached hydrogens (tertiary/aromatic N) is 2.